The molecule has 0 unspecified atom stereocenters. The first-order valence-electron chi connectivity index (χ1n) is 7.12. The zero-order chi connectivity index (χ0) is 15.2. The maximum atomic E-state index is 12.1. The second kappa shape index (κ2) is 7.99. The molecular weight excluding hydrogens is 330 g/mol. The molecule has 5 heteroatoms. The van der Waals surface area contributed by atoms with Crippen molar-refractivity contribution in [2.45, 2.75) is 9.48 Å². The van der Waals surface area contributed by atoms with Crippen LogP contribution in [0.3, 0.4) is 0 Å². The number of nitrogens with one attached hydrogen (secondary N) is 1. The minimum atomic E-state index is 0.0396. The second-order valence-corrected chi connectivity index (χ2v) is 8.62. The molecule has 0 aliphatic carbocycles. The molecule has 0 saturated carbocycles. The maximum absolute atomic E-state index is 12.1. The number of anilines is 1. The van der Waals surface area contributed by atoms with Crippen molar-refractivity contribution in [2.24, 2.45) is 0 Å². The minimum absolute atomic E-state index is 0.0396. The van der Waals surface area contributed by atoms with Gasteiger partial charge in [0.2, 0.25) is 5.91 Å². The van der Waals surface area contributed by atoms with Crippen LogP contribution in [0.15, 0.2) is 59.5 Å². The Balaban J connectivity index is 1.56. The molecule has 114 valence electrons. The molecular formula is C17H17NOS3. The van der Waals surface area contributed by atoms with Crippen molar-refractivity contribution >= 4 is 46.9 Å². The number of carbonyl (C=O) groups excluding carboxylic acids is 1. The molecule has 0 radical (unpaired) electrons. The van der Waals surface area contributed by atoms with Gasteiger partial charge in [0.25, 0.3) is 0 Å². The van der Waals surface area contributed by atoms with Gasteiger partial charge in [-0.05, 0) is 29.8 Å². The van der Waals surface area contributed by atoms with Crippen LogP contribution in [0.25, 0.3) is 0 Å². The highest BCUT2D eigenvalue weighted by Gasteiger charge is 2.18. The standard InChI is InChI=1S/C17H17NOS3/c19-16(12-22-15-7-2-1-3-8-15)18-14-6-4-5-13(11-14)17-20-9-10-21-17/h1-8,11,17H,9-10,12H2,(H,18,19). The van der Waals surface area contributed by atoms with Gasteiger partial charge in [0, 0.05) is 22.1 Å². The van der Waals surface area contributed by atoms with Gasteiger partial charge >= 0.3 is 0 Å². The quantitative estimate of drug-likeness (QED) is 0.779. The van der Waals surface area contributed by atoms with Crippen LogP contribution in [0, 0.1) is 0 Å². The summed E-state index contributed by atoms with van der Waals surface area (Å²) in [5, 5.41) is 3.00. The van der Waals surface area contributed by atoms with Crippen LogP contribution in [0.1, 0.15) is 10.1 Å². The van der Waals surface area contributed by atoms with E-state index < -0.39 is 0 Å². The van der Waals surface area contributed by atoms with Gasteiger partial charge in [0.05, 0.1) is 10.3 Å². The van der Waals surface area contributed by atoms with Gasteiger partial charge in [0.15, 0.2) is 0 Å². The van der Waals surface area contributed by atoms with Crippen LogP contribution >= 0.6 is 35.3 Å². The lowest BCUT2D eigenvalue weighted by molar-refractivity contribution is -0.113. The highest BCUT2D eigenvalue weighted by molar-refractivity contribution is 8.19. The van der Waals surface area contributed by atoms with Crippen molar-refractivity contribution in [2.75, 3.05) is 22.6 Å². The number of hydrogen-bond donors (Lipinski definition) is 1. The number of hydrogen-bond acceptors (Lipinski definition) is 4. The van der Waals surface area contributed by atoms with Crippen LogP contribution < -0.4 is 5.32 Å². The average Bonchev–Trinajstić information content (AvgIpc) is 3.09. The summed E-state index contributed by atoms with van der Waals surface area (Å²) < 4.78 is 0.510. The number of amides is 1. The van der Waals surface area contributed by atoms with Crippen molar-refractivity contribution in [1.82, 2.24) is 0 Å². The Morgan fingerprint density at radius 1 is 1.09 bits per heavy atom. The third kappa shape index (κ3) is 4.48. The van der Waals surface area contributed by atoms with Crippen molar-refractivity contribution in [3.63, 3.8) is 0 Å². The van der Waals surface area contributed by atoms with Gasteiger partial charge in [-0.1, -0.05) is 30.3 Å². The Morgan fingerprint density at radius 3 is 2.64 bits per heavy atom. The van der Waals surface area contributed by atoms with Crippen molar-refractivity contribution in [3.8, 4) is 0 Å². The predicted octanol–water partition coefficient (Wildman–Crippen LogP) is 4.90. The topological polar surface area (TPSA) is 29.1 Å². The largest absolute Gasteiger partial charge is 0.325 e. The summed E-state index contributed by atoms with van der Waals surface area (Å²) in [6.07, 6.45) is 0. The minimum Gasteiger partial charge on any atom is -0.325 e. The summed E-state index contributed by atoms with van der Waals surface area (Å²) in [7, 11) is 0. The van der Waals surface area contributed by atoms with E-state index in [4.69, 9.17) is 0 Å². The lowest BCUT2D eigenvalue weighted by Crippen LogP contribution is -2.14. The molecule has 0 atom stereocenters. The Morgan fingerprint density at radius 2 is 1.86 bits per heavy atom. The van der Waals surface area contributed by atoms with Crippen LogP contribution in [-0.4, -0.2) is 23.2 Å². The molecule has 1 aliphatic heterocycles. The third-order valence-corrected chi connectivity index (χ3v) is 7.29. The molecule has 1 saturated heterocycles. The summed E-state index contributed by atoms with van der Waals surface area (Å²) in [6.45, 7) is 0. The van der Waals surface area contributed by atoms with Gasteiger partial charge in [-0.25, -0.2) is 0 Å². The van der Waals surface area contributed by atoms with Crippen molar-refractivity contribution in [3.05, 3.63) is 60.2 Å². The van der Waals surface area contributed by atoms with E-state index in [-0.39, 0.29) is 5.91 Å². The summed E-state index contributed by atoms with van der Waals surface area (Å²) in [5.41, 5.74) is 2.19. The summed E-state index contributed by atoms with van der Waals surface area (Å²) >= 11 is 5.51. The first-order chi connectivity index (χ1) is 10.8. The number of carbonyl (C=O) groups is 1. The molecule has 1 amide bonds. The zero-order valence-corrected chi connectivity index (χ0v) is 14.5. The SMILES string of the molecule is O=C(CSc1ccccc1)Nc1cccc(C2SCCS2)c1. The summed E-state index contributed by atoms with van der Waals surface area (Å²) in [5.74, 6) is 2.89. The van der Waals surface area contributed by atoms with E-state index in [0.717, 1.165) is 10.6 Å². The second-order valence-electron chi connectivity index (χ2n) is 4.85. The summed E-state index contributed by atoms with van der Waals surface area (Å²) in [4.78, 5) is 13.2. The maximum Gasteiger partial charge on any atom is 0.234 e. The van der Waals surface area contributed by atoms with Gasteiger partial charge < -0.3 is 5.32 Å². The number of rotatable bonds is 5. The lowest BCUT2D eigenvalue weighted by atomic mass is 10.2. The number of benzene rings is 2. The van der Waals surface area contributed by atoms with E-state index in [9.17, 15) is 4.79 Å². The molecule has 2 nitrogen and oxygen atoms in total. The van der Waals surface area contributed by atoms with E-state index in [0.29, 0.717) is 10.3 Å². The highest BCUT2D eigenvalue weighted by Crippen LogP contribution is 2.45. The van der Waals surface area contributed by atoms with Gasteiger partial charge in [-0.15, -0.1) is 35.3 Å². The Kier molecular flexibility index (Phi) is 5.76. The van der Waals surface area contributed by atoms with Gasteiger partial charge in [0.1, 0.15) is 0 Å². The molecule has 1 aliphatic rings. The van der Waals surface area contributed by atoms with E-state index in [1.807, 2.05) is 66.0 Å². The predicted molar refractivity (Wildman–Crippen MR) is 99.9 cm³/mol. The molecule has 1 fully saturated rings. The van der Waals surface area contributed by atoms with Crippen LogP contribution in [-0.2, 0) is 4.79 Å². The van der Waals surface area contributed by atoms with Crippen LogP contribution in [0.4, 0.5) is 5.69 Å². The highest BCUT2D eigenvalue weighted by atomic mass is 32.2. The molecule has 1 N–H and O–H groups in total. The molecule has 3 rings (SSSR count). The molecule has 0 aromatic heterocycles. The van der Waals surface area contributed by atoms with E-state index in [1.54, 1.807) is 11.8 Å². The molecule has 2 aromatic carbocycles. The van der Waals surface area contributed by atoms with Gasteiger partial charge in [-0.3, -0.25) is 4.79 Å². The van der Waals surface area contributed by atoms with E-state index >= 15 is 0 Å². The monoisotopic (exact) mass is 347 g/mol. The first kappa shape index (κ1) is 15.8. The third-order valence-electron chi connectivity index (χ3n) is 3.18. The smallest absolute Gasteiger partial charge is 0.234 e. The molecule has 0 spiro atoms. The molecule has 0 bridgehead atoms. The Labute approximate surface area is 143 Å². The molecule has 22 heavy (non-hydrogen) atoms. The first-order valence-corrected chi connectivity index (χ1v) is 10.2. The summed E-state index contributed by atoms with van der Waals surface area (Å²) in [6, 6.07) is 18.2. The van der Waals surface area contributed by atoms with Crippen molar-refractivity contribution < 1.29 is 4.79 Å². The molecule has 2 aromatic rings. The fraction of sp³-hybridized carbons (Fsp3) is 0.235. The fourth-order valence-corrected chi connectivity index (χ4v) is 5.73. The Bertz CT molecular complexity index is 627. The lowest BCUT2D eigenvalue weighted by Gasteiger charge is -2.11. The van der Waals surface area contributed by atoms with Crippen LogP contribution in [0.2, 0.25) is 0 Å². The van der Waals surface area contributed by atoms with E-state index in [2.05, 4.69) is 17.4 Å². The van der Waals surface area contributed by atoms with E-state index in [1.165, 1.54) is 17.1 Å². The normalized spacial score (nSPS) is 14.9. The zero-order valence-electron chi connectivity index (χ0n) is 12.0. The number of thioether (sulfide) groups is 3. The molecule has 1 heterocycles. The fourth-order valence-electron chi connectivity index (χ4n) is 2.18. The van der Waals surface area contributed by atoms with Crippen molar-refractivity contribution in [1.29, 1.82) is 0 Å². The average molecular weight is 348 g/mol. The van der Waals surface area contributed by atoms with Gasteiger partial charge in [-0.2, -0.15) is 0 Å². The van der Waals surface area contributed by atoms with Crippen LogP contribution in [0.5, 0.6) is 0 Å². The Hall–Kier alpha value is -1.04.